The zero-order valence-corrected chi connectivity index (χ0v) is 17.9. The van der Waals surface area contributed by atoms with E-state index in [-0.39, 0.29) is 5.91 Å². The minimum absolute atomic E-state index is 0.132. The highest BCUT2D eigenvalue weighted by molar-refractivity contribution is 7.13. The molecule has 0 fully saturated rings. The Bertz CT molecular complexity index is 1160. The molecule has 3 aromatic carbocycles. The Morgan fingerprint density at radius 1 is 0.968 bits per heavy atom. The molecule has 4 nitrogen and oxygen atoms in total. The van der Waals surface area contributed by atoms with Crippen molar-refractivity contribution in [2.75, 3.05) is 7.11 Å². The van der Waals surface area contributed by atoms with Gasteiger partial charge in [-0.15, -0.1) is 11.3 Å². The summed E-state index contributed by atoms with van der Waals surface area (Å²) in [6.07, 6.45) is 3.32. The summed E-state index contributed by atoms with van der Waals surface area (Å²) >= 11 is 1.63. The normalized spacial score (nSPS) is 10.9. The molecule has 0 saturated carbocycles. The van der Waals surface area contributed by atoms with Crippen LogP contribution in [0.4, 0.5) is 0 Å². The molecule has 0 spiro atoms. The molecule has 1 aromatic heterocycles. The third-order valence-corrected chi connectivity index (χ3v) is 5.68. The van der Waals surface area contributed by atoms with Crippen LogP contribution >= 0.6 is 11.3 Å². The number of rotatable bonds is 7. The lowest BCUT2D eigenvalue weighted by atomic mass is 10.1. The number of nitrogens with zero attached hydrogens (tertiary/aromatic N) is 1. The van der Waals surface area contributed by atoms with Crippen molar-refractivity contribution in [3.8, 4) is 27.6 Å². The van der Waals surface area contributed by atoms with Gasteiger partial charge in [-0.2, -0.15) is 0 Å². The topological polar surface area (TPSA) is 51.2 Å². The van der Waals surface area contributed by atoms with E-state index in [0.29, 0.717) is 6.54 Å². The molecule has 0 aliphatic heterocycles. The summed E-state index contributed by atoms with van der Waals surface area (Å²) in [6.45, 7) is 0.471. The molecular formula is C26H22N2O2S. The summed E-state index contributed by atoms with van der Waals surface area (Å²) in [5.74, 6) is 0.659. The van der Waals surface area contributed by atoms with Gasteiger partial charge in [-0.1, -0.05) is 66.7 Å². The maximum absolute atomic E-state index is 12.1. The Hall–Kier alpha value is -3.70. The van der Waals surface area contributed by atoms with E-state index in [1.54, 1.807) is 24.5 Å². The van der Waals surface area contributed by atoms with Crippen LogP contribution in [-0.2, 0) is 11.3 Å². The van der Waals surface area contributed by atoms with Gasteiger partial charge in [-0.05, 0) is 29.3 Å². The molecule has 4 rings (SSSR count). The van der Waals surface area contributed by atoms with E-state index >= 15 is 0 Å². The van der Waals surface area contributed by atoms with Crippen LogP contribution in [-0.4, -0.2) is 18.0 Å². The Kier molecular flexibility index (Phi) is 6.55. The smallest absolute Gasteiger partial charge is 0.244 e. The molecule has 0 unspecified atom stereocenters. The van der Waals surface area contributed by atoms with Crippen molar-refractivity contribution in [2.24, 2.45) is 0 Å². The largest absolute Gasteiger partial charge is 0.497 e. The SMILES string of the molecule is COc1ccc(/C=C/C(=O)NCc2ccc(-c3nc(-c4ccccc4)cs3)cc2)cc1. The number of carbonyl (C=O) groups excluding carboxylic acids is 1. The first kappa shape index (κ1) is 20.6. The zero-order valence-electron chi connectivity index (χ0n) is 17.1. The first-order valence-electron chi connectivity index (χ1n) is 9.91. The Morgan fingerprint density at radius 3 is 2.42 bits per heavy atom. The molecule has 0 aliphatic rings. The van der Waals surface area contributed by atoms with Gasteiger partial charge in [0, 0.05) is 29.1 Å². The van der Waals surface area contributed by atoms with Crippen LogP contribution in [0.1, 0.15) is 11.1 Å². The summed E-state index contributed by atoms with van der Waals surface area (Å²) in [5.41, 5.74) is 5.16. The molecule has 31 heavy (non-hydrogen) atoms. The van der Waals surface area contributed by atoms with E-state index in [0.717, 1.165) is 38.7 Å². The monoisotopic (exact) mass is 426 g/mol. The predicted molar refractivity (Wildman–Crippen MR) is 127 cm³/mol. The lowest BCUT2D eigenvalue weighted by Gasteiger charge is -2.04. The number of hydrogen-bond donors (Lipinski definition) is 1. The Balaban J connectivity index is 1.33. The number of hydrogen-bond acceptors (Lipinski definition) is 4. The van der Waals surface area contributed by atoms with Crippen LogP contribution in [0.3, 0.4) is 0 Å². The molecule has 154 valence electrons. The van der Waals surface area contributed by atoms with E-state index in [9.17, 15) is 4.79 Å². The maximum atomic E-state index is 12.1. The fraction of sp³-hybridized carbons (Fsp3) is 0.0769. The van der Waals surface area contributed by atoms with Crippen molar-refractivity contribution in [1.29, 1.82) is 0 Å². The first-order chi connectivity index (χ1) is 15.2. The molecular weight excluding hydrogens is 404 g/mol. The molecule has 1 N–H and O–H groups in total. The molecule has 5 heteroatoms. The van der Waals surface area contributed by atoms with E-state index < -0.39 is 0 Å². The Morgan fingerprint density at radius 2 is 1.71 bits per heavy atom. The summed E-state index contributed by atoms with van der Waals surface area (Å²) in [5, 5.41) is 5.97. The van der Waals surface area contributed by atoms with Gasteiger partial charge in [-0.3, -0.25) is 4.79 Å². The minimum Gasteiger partial charge on any atom is -0.497 e. The number of nitrogens with one attached hydrogen (secondary N) is 1. The van der Waals surface area contributed by atoms with Crippen LogP contribution in [0.25, 0.3) is 27.9 Å². The van der Waals surface area contributed by atoms with Crippen molar-refractivity contribution < 1.29 is 9.53 Å². The number of thiazole rings is 1. The summed E-state index contributed by atoms with van der Waals surface area (Å²) in [6, 6.07) is 25.8. The lowest BCUT2D eigenvalue weighted by molar-refractivity contribution is -0.116. The van der Waals surface area contributed by atoms with Crippen molar-refractivity contribution in [3.05, 3.63) is 101 Å². The number of ether oxygens (including phenoxy) is 1. The highest BCUT2D eigenvalue weighted by Crippen LogP contribution is 2.28. The summed E-state index contributed by atoms with van der Waals surface area (Å²) in [4.78, 5) is 16.9. The summed E-state index contributed by atoms with van der Waals surface area (Å²) < 4.78 is 5.13. The average molecular weight is 427 g/mol. The van der Waals surface area contributed by atoms with Gasteiger partial charge < -0.3 is 10.1 Å². The molecule has 4 aromatic rings. The van der Waals surface area contributed by atoms with Crippen molar-refractivity contribution in [3.63, 3.8) is 0 Å². The molecule has 0 saturated heterocycles. The number of methoxy groups -OCH3 is 1. The predicted octanol–water partition coefficient (Wildman–Crippen LogP) is 5.82. The van der Waals surface area contributed by atoms with Crippen molar-refractivity contribution in [2.45, 2.75) is 6.54 Å². The van der Waals surface area contributed by atoms with Gasteiger partial charge in [0.15, 0.2) is 0 Å². The van der Waals surface area contributed by atoms with E-state index in [1.165, 1.54) is 6.08 Å². The molecule has 0 bridgehead atoms. The number of carbonyl (C=O) groups is 1. The highest BCUT2D eigenvalue weighted by Gasteiger charge is 2.07. The van der Waals surface area contributed by atoms with E-state index in [2.05, 4.69) is 22.8 Å². The molecule has 0 aliphatic carbocycles. The van der Waals surface area contributed by atoms with Gasteiger partial charge >= 0.3 is 0 Å². The van der Waals surface area contributed by atoms with Crippen molar-refractivity contribution in [1.82, 2.24) is 10.3 Å². The summed E-state index contributed by atoms with van der Waals surface area (Å²) in [7, 11) is 1.63. The molecule has 0 radical (unpaired) electrons. The van der Waals surface area contributed by atoms with Gasteiger partial charge in [0.05, 0.1) is 12.8 Å². The van der Waals surface area contributed by atoms with Gasteiger partial charge in [0.25, 0.3) is 0 Å². The molecule has 0 atom stereocenters. The lowest BCUT2D eigenvalue weighted by Crippen LogP contribution is -2.20. The molecule has 1 amide bonds. The second-order valence-electron chi connectivity index (χ2n) is 6.93. The van der Waals surface area contributed by atoms with Crippen LogP contribution in [0.5, 0.6) is 5.75 Å². The standard InChI is InChI=1S/C26H22N2O2S/c1-30-23-14-9-19(10-15-23)11-16-25(29)27-17-20-7-12-22(13-8-20)26-28-24(18-31-26)21-5-3-2-4-6-21/h2-16,18H,17H2,1H3,(H,27,29)/b16-11+. The zero-order chi connectivity index (χ0) is 21.5. The van der Waals surface area contributed by atoms with E-state index in [4.69, 9.17) is 9.72 Å². The van der Waals surface area contributed by atoms with Gasteiger partial charge in [-0.25, -0.2) is 4.98 Å². The van der Waals surface area contributed by atoms with E-state index in [1.807, 2.05) is 66.7 Å². The average Bonchev–Trinajstić information content (AvgIpc) is 3.33. The quantitative estimate of drug-likeness (QED) is 0.379. The second-order valence-corrected chi connectivity index (χ2v) is 7.78. The fourth-order valence-electron chi connectivity index (χ4n) is 3.05. The van der Waals surface area contributed by atoms with Crippen LogP contribution in [0.15, 0.2) is 90.3 Å². The van der Waals surface area contributed by atoms with Gasteiger partial charge in [0.2, 0.25) is 5.91 Å². The highest BCUT2D eigenvalue weighted by atomic mass is 32.1. The number of aromatic nitrogens is 1. The molecule has 1 heterocycles. The fourth-order valence-corrected chi connectivity index (χ4v) is 3.88. The van der Waals surface area contributed by atoms with Gasteiger partial charge in [0.1, 0.15) is 10.8 Å². The van der Waals surface area contributed by atoms with Crippen LogP contribution < -0.4 is 10.1 Å². The maximum Gasteiger partial charge on any atom is 0.244 e. The second kappa shape index (κ2) is 9.87. The third-order valence-electron chi connectivity index (χ3n) is 4.78. The van der Waals surface area contributed by atoms with Crippen LogP contribution in [0, 0.1) is 0 Å². The minimum atomic E-state index is -0.132. The first-order valence-corrected chi connectivity index (χ1v) is 10.8. The Labute approximate surface area is 185 Å². The van der Waals surface area contributed by atoms with Crippen molar-refractivity contribution >= 4 is 23.3 Å². The number of amides is 1. The van der Waals surface area contributed by atoms with Crippen LogP contribution in [0.2, 0.25) is 0 Å². The third kappa shape index (κ3) is 5.47. The number of benzene rings is 3.